The normalized spacial score (nSPS) is 20.7. The van der Waals surface area contributed by atoms with Crippen molar-refractivity contribution in [3.8, 4) is 0 Å². The van der Waals surface area contributed by atoms with E-state index in [0.29, 0.717) is 19.7 Å². The Morgan fingerprint density at radius 2 is 2.37 bits per heavy atom. The standard InChI is InChI=1S/C13H14N2O3S/c16-13(17)10-7-15(5-6-18-10)8-12-14-9-3-1-2-4-11(9)19-12/h1-4,10H,5-8H2,(H,16,17). The summed E-state index contributed by atoms with van der Waals surface area (Å²) in [6.07, 6.45) is -0.719. The molecule has 1 aromatic carbocycles. The van der Waals surface area contributed by atoms with E-state index < -0.39 is 12.1 Å². The van der Waals surface area contributed by atoms with Crippen molar-refractivity contribution in [1.82, 2.24) is 9.88 Å². The summed E-state index contributed by atoms with van der Waals surface area (Å²) >= 11 is 1.66. The van der Waals surface area contributed by atoms with Crippen LogP contribution in [0.1, 0.15) is 5.01 Å². The van der Waals surface area contributed by atoms with Crippen molar-refractivity contribution >= 4 is 27.5 Å². The Morgan fingerprint density at radius 3 is 3.16 bits per heavy atom. The molecule has 2 heterocycles. The van der Waals surface area contributed by atoms with Gasteiger partial charge in [0, 0.05) is 13.1 Å². The first-order valence-corrected chi connectivity index (χ1v) is 6.95. The number of carboxylic acid groups (broad SMARTS) is 1. The second-order valence-corrected chi connectivity index (χ2v) is 5.62. The number of nitrogens with zero attached hydrogens (tertiary/aromatic N) is 2. The number of aliphatic carboxylic acids is 1. The molecule has 1 aromatic heterocycles. The lowest BCUT2D eigenvalue weighted by atomic mass is 10.3. The van der Waals surface area contributed by atoms with Crippen molar-refractivity contribution in [3.05, 3.63) is 29.3 Å². The third kappa shape index (κ3) is 2.75. The number of benzene rings is 1. The van der Waals surface area contributed by atoms with Crippen LogP contribution in [0, 0.1) is 0 Å². The number of thiazole rings is 1. The average Bonchev–Trinajstić information content (AvgIpc) is 2.81. The highest BCUT2D eigenvalue weighted by Crippen LogP contribution is 2.23. The van der Waals surface area contributed by atoms with Gasteiger partial charge < -0.3 is 9.84 Å². The van der Waals surface area contributed by atoms with E-state index in [1.54, 1.807) is 11.3 Å². The van der Waals surface area contributed by atoms with Crippen LogP contribution in [-0.4, -0.2) is 46.8 Å². The zero-order valence-electron chi connectivity index (χ0n) is 10.3. The van der Waals surface area contributed by atoms with Gasteiger partial charge in [-0.05, 0) is 12.1 Å². The Morgan fingerprint density at radius 1 is 1.53 bits per heavy atom. The Labute approximate surface area is 114 Å². The maximum absolute atomic E-state index is 10.9. The number of hydrogen-bond donors (Lipinski definition) is 1. The predicted molar refractivity (Wildman–Crippen MR) is 72.3 cm³/mol. The molecule has 1 fully saturated rings. The predicted octanol–water partition coefficient (Wildman–Crippen LogP) is 1.58. The van der Waals surface area contributed by atoms with Gasteiger partial charge in [0.05, 0.1) is 23.4 Å². The van der Waals surface area contributed by atoms with Crippen molar-refractivity contribution < 1.29 is 14.6 Å². The first-order chi connectivity index (χ1) is 9.22. The van der Waals surface area contributed by atoms with Crippen LogP contribution in [-0.2, 0) is 16.1 Å². The van der Waals surface area contributed by atoms with Gasteiger partial charge in [0.1, 0.15) is 5.01 Å². The zero-order chi connectivity index (χ0) is 13.2. The fourth-order valence-electron chi connectivity index (χ4n) is 2.17. The molecule has 1 aliphatic heterocycles. The number of rotatable bonds is 3. The van der Waals surface area contributed by atoms with Crippen molar-refractivity contribution in [2.75, 3.05) is 19.7 Å². The number of hydrogen-bond acceptors (Lipinski definition) is 5. The summed E-state index contributed by atoms with van der Waals surface area (Å²) in [6, 6.07) is 8.02. The smallest absolute Gasteiger partial charge is 0.334 e. The van der Waals surface area contributed by atoms with E-state index in [1.165, 1.54) is 4.70 Å². The molecule has 1 saturated heterocycles. The highest BCUT2D eigenvalue weighted by Gasteiger charge is 2.26. The van der Waals surface area contributed by atoms with Crippen LogP contribution in [0.4, 0.5) is 0 Å². The van der Waals surface area contributed by atoms with Crippen LogP contribution in [0.15, 0.2) is 24.3 Å². The number of ether oxygens (including phenoxy) is 1. The van der Waals surface area contributed by atoms with E-state index in [9.17, 15) is 4.79 Å². The van der Waals surface area contributed by atoms with Crippen LogP contribution in [0.5, 0.6) is 0 Å². The van der Waals surface area contributed by atoms with Gasteiger partial charge in [-0.1, -0.05) is 12.1 Å². The van der Waals surface area contributed by atoms with Crippen molar-refractivity contribution in [1.29, 1.82) is 0 Å². The average molecular weight is 278 g/mol. The summed E-state index contributed by atoms with van der Waals surface area (Å²) in [5, 5.41) is 9.99. The van der Waals surface area contributed by atoms with Gasteiger partial charge in [0.2, 0.25) is 0 Å². The highest BCUT2D eigenvalue weighted by molar-refractivity contribution is 7.18. The van der Waals surface area contributed by atoms with Gasteiger partial charge >= 0.3 is 5.97 Å². The van der Waals surface area contributed by atoms with Crippen LogP contribution in [0.3, 0.4) is 0 Å². The fourth-order valence-corrected chi connectivity index (χ4v) is 3.18. The topological polar surface area (TPSA) is 62.7 Å². The van der Waals surface area contributed by atoms with Crippen LogP contribution < -0.4 is 0 Å². The van der Waals surface area contributed by atoms with Gasteiger partial charge in [-0.2, -0.15) is 0 Å². The minimum atomic E-state index is -0.894. The van der Waals surface area contributed by atoms with Crippen LogP contribution in [0.25, 0.3) is 10.2 Å². The molecule has 1 N–H and O–H groups in total. The molecular formula is C13H14N2O3S. The van der Waals surface area contributed by atoms with Gasteiger partial charge in [0.25, 0.3) is 0 Å². The summed E-state index contributed by atoms with van der Waals surface area (Å²) < 4.78 is 6.38. The molecule has 1 atom stereocenters. The molecular weight excluding hydrogens is 264 g/mol. The summed E-state index contributed by atoms with van der Waals surface area (Å²) in [4.78, 5) is 17.6. The molecule has 0 amide bonds. The number of aromatic nitrogens is 1. The fraction of sp³-hybridized carbons (Fsp3) is 0.385. The van der Waals surface area contributed by atoms with E-state index in [4.69, 9.17) is 9.84 Å². The van der Waals surface area contributed by atoms with Crippen LogP contribution in [0.2, 0.25) is 0 Å². The van der Waals surface area contributed by atoms with Crippen molar-refractivity contribution in [2.45, 2.75) is 12.6 Å². The monoisotopic (exact) mass is 278 g/mol. The first kappa shape index (κ1) is 12.5. The van der Waals surface area contributed by atoms with Crippen molar-refractivity contribution in [3.63, 3.8) is 0 Å². The Hall–Kier alpha value is -1.50. The SMILES string of the molecule is O=C(O)C1CN(Cc2nc3ccccc3s2)CCO1. The Bertz CT molecular complexity index is 565. The summed E-state index contributed by atoms with van der Waals surface area (Å²) in [6.45, 7) is 2.32. The summed E-state index contributed by atoms with van der Waals surface area (Å²) in [5.74, 6) is -0.894. The van der Waals surface area contributed by atoms with E-state index in [1.807, 2.05) is 18.2 Å². The molecule has 6 heteroatoms. The van der Waals surface area contributed by atoms with Crippen LogP contribution >= 0.6 is 11.3 Å². The maximum atomic E-state index is 10.9. The summed E-state index contributed by atoms with van der Waals surface area (Å²) in [5.41, 5.74) is 1.01. The third-order valence-corrected chi connectivity index (χ3v) is 4.14. The Kier molecular flexibility index (Phi) is 3.46. The maximum Gasteiger partial charge on any atom is 0.334 e. The molecule has 2 aromatic rings. The molecule has 1 aliphatic rings. The first-order valence-electron chi connectivity index (χ1n) is 6.13. The second-order valence-electron chi connectivity index (χ2n) is 4.51. The molecule has 1 unspecified atom stereocenters. The number of carbonyl (C=O) groups is 1. The minimum Gasteiger partial charge on any atom is -0.479 e. The van der Waals surface area contributed by atoms with Gasteiger partial charge in [-0.25, -0.2) is 9.78 Å². The second kappa shape index (κ2) is 5.24. The van der Waals surface area contributed by atoms with E-state index >= 15 is 0 Å². The number of carboxylic acids is 1. The number of morpholine rings is 1. The molecule has 5 nitrogen and oxygen atoms in total. The van der Waals surface area contributed by atoms with E-state index in [-0.39, 0.29) is 0 Å². The Balaban J connectivity index is 1.72. The number of para-hydroxylation sites is 1. The quantitative estimate of drug-likeness (QED) is 0.923. The van der Waals surface area contributed by atoms with E-state index in [2.05, 4.69) is 16.0 Å². The van der Waals surface area contributed by atoms with Gasteiger partial charge in [-0.3, -0.25) is 4.90 Å². The third-order valence-electron chi connectivity index (χ3n) is 3.12. The molecule has 0 saturated carbocycles. The highest BCUT2D eigenvalue weighted by atomic mass is 32.1. The molecule has 0 radical (unpaired) electrons. The molecule has 3 rings (SSSR count). The number of fused-ring (bicyclic) bond motifs is 1. The molecule has 0 bridgehead atoms. The lowest BCUT2D eigenvalue weighted by Crippen LogP contribution is -2.45. The lowest BCUT2D eigenvalue weighted by molar-refractivity contribution is -0.156. The summed E-state index contributed by atoms with van der Waals surface area (Å²) in [7, 11) is 0. The zero-order valence-corrected chi connectivity index (χ0v) is 11.1. The van der Waals surface area contributed by atoms with Crippen molar-refractivity contribution in [2.24, 2.45) is 0 Å². The molecule has 19 heavy (non-hydrogen) atoms. The molecule has 0 aliphatic carbocycles. The molecule has 100 valence electrons. The largest absolute Gasteiger partial charge is 0.479 e. The molecule has 0 spiro atoms. The minimum absolute atomic E-state index is 0.422. The van der Waals surface area contributed by atoms with E-state index in [0.717, 1.165) is 17.1 Å². The van der Waals surface area contributed by atoms with Gasteiger partial charge in [0.15, 0.2) is 6.10 Å². The lowest BCUT2D eigenvalue weighted by Gasteiger charge is -2.29. The van der Waals surface area contributed by atoms with Gasteiger partial charge in [-0.15, -0.1) is 11.3 Å².